The molecule has 0 unspecified atom stereocenters. The molecule has 0 amide bonds. The van der Waals surface area contributed by atoms with Gasteiger partial charge in [0, 0.05) is 24.5 Å². The molecule has 0 aliphatic carbocycles. The average Bonchev–Trinajstić information content (AvgIpc) is 2.65. The maximum absolute atomic E-state index is 5.87. The summed E-state index contributed by atoms with van der Waals surface area (Å²) in [6.07, 6.45) is 2.79. The smallest absolute Gasteiger partial charge is 0.125 e. The zero-order valence-electron chi connectivity index (χ0n) is 8.33. The van der Waals surface area contributed by atoms with Gasteiger partial charge in [-0.2, -0.15) is 0 Å². The molecule has 0 aromatic carbocycles. The van der Waals surface area contributed by atoms with Crippen LogP contribution in [0.1, 0.15) is 10.4 Å². The SMILES string of the molecule is CNc1ccc(Cc2ccc(Cl)s2)cn1. The lowest BCUT2D eigenvalue weighted by atomic mass is 10.2. The summed E-state index contributed by atoms with van der Waals surface area (Å²) in [6.45, 7) is 0. The second-order valence-electron chi connectivity index (χ2n) is 3.18. The molecule has 4 heteroatoms. The molecule has 0 atom stereocenters. The predicted octanol–water partition coefficient (Wildman–Crippen LogP) is 3.43. The van der Waals surface area contributed by atoms with Crippen LogP contribution in [0.2, 0.25) is 4.34 Å². The Morgan fingerprint density at radius 3 is 2.73 bits per heavy atom. The number of rotatable bonds is 3. The first-order valence-corrected chi connectivity index (χ1v) is 5.84. The summed E-state index contributed by atoms with van der Waals surface area (Å²) in [7, 11) is 1.86. The lowest BCUT2D eigenvalue weighted by molar-refractivity contribution is 1.17. The molecule has 2 aromatic heterocycles. The third-order valence-corrected chi connectivity index (χ3v) is 3.32. The van der Waals surface area contributed by atoms with E-state index in [0.29, 0.717) is 0 Å². The summed E-state index contributed by atoms with van der Waals surface area (Å²) >= 11 is 7.48. The molecular weight excluding hydrogens is 228 g/mol. The second-order valence-corrected chi connectivity index (χ2v) is 4.98. The van der Waals surface area contributed by atoms with E-state index in [9.17, 15) is 0 Å². The van der Waals surface area contributed by atoms with Crippen molar-refractivity contribution in [1.82, 2.24) is 4.98 Å². The van der Waals surface area contributed by atoms with Crippen molar-refractivity contribution < 1.29 is 0 Å². The number of hydrogen-bond acceptors (Lipinski definition) is 3. The van der Waals surface area contributed by atoms with Gasteiger partial charge in [-0.3, -0.25) is 0 Å². The van der Waals surface area contributed by atoms with Gasteiger partial charge in [0.15, 0.2) is 0 Å². The van der Waals surface area contributed by atoms with Crippen LogP contribution >= 0.6 is 22.9 Å². The Hall–Kier alpha value is -1.06. The van der Waals surface area contributed by atoms with Crippen LogP contribution < -0.4 is 5.32 Å². The van der Waals surface area contributed by atoms with E-state index in [2.05, 4.69) is 22.4 Å². The van der Waals surface area contributed by atoms with E-state index >= 15 is 0 Å². The molecule has 1 N–H and O–H groups in total. The van der Waals surface area contributed by atoms with Gasteiger partial charge >= 0.3 is 0 Å². The molecule has 0 spiro atoms. The van der Waals surface area contributed by atoms with Crippen LogP contribution in [-0.2, 0) is 6.42 Å². The lowest BCUT2D eigenvalue weighted by Crippen LogP contribution is -1.93. The Kier molecular flexibility index (Phi) is 3.23. The van der Waals surface area contributed by atoms with Crippen LogP contribution in [0.4, 0.5) is 5.82 Å². The maximum Gasteiger partial charge on any atom is 0.125 e. The van der Waals surface area contributed by atoms with E-state index in [-0.39, 0.29) is 0 Å². The summed E-state index contributed by atoms with van der Waals surface area (Å²) in [5.74, 6) is 0.892. The maximum atomic E-state index is 5.87. The zero-order valence-corrected chi connectivity index (χ0v) is 9.90. The highest BCUT2D eigenvalue weighted by atomic mass is 35.5. The van der Waals surface area contributed by atoms with Crippen molar-refractivity contribution in [2.24, 2.45) is 0 Å². The van der Waals surface area contributed by atoms with Gasteiger partial charge in [-0.05, 0) is 23.8 Å². The van der Waals surface area contributed by atoms with Gasteiger partial charge in [-0.25, -0.2) is 4.98 Å². The van der Waals surface area contributed by atoms with Gasteiger partial charge in [0.25, 0.3) is 0 Å². The molecule has 2 nitrogen and oxygen atoms in total. The Balaban J connectivity index is 2.11. The van der Waals surface area contributed by atoms with E-state index in [0.717, 1.165) is 16.6 Å². The van der Waals surface area contributed by atoms with Crippen molar-refractivity contribution in [3.63, 3.8) is 0 Å². The van der Waals surface area contributed by atoms with Crippen LogP contribution in [0.5, 0.6) is 0 Å². The number of pyridine rings is 1. The number of nitrogens with one attached hydrogen (secondary N) is 1. The van der Waals surface area contributed by atoms with Gasteiger partial charge in [0.1, 0.15) is 5.82 Å². The van der Waals surface area contributed by atoms with Gasteiger partial charge in [0.2, 0.25) is 0 Å². The van der Waals surface area contributed by atoms with Crippen LogP contribution in [0, 0.1) is 0 Å². The molecule has 2 rings (SSSR count). The lowest BCUT2D eigenvalue weighted by Gasteiger charge is -2.01. The predicted molar refractivity (Wildman–Crippen MR) is 65.9 cm³/mol. The number of nitrogens with zero attached hydrogens (tertiary/aromatic N) is 1. The fraction of sp³-hybridized carbons (Fsp3) is 0.182. The molecule has 0 saturated heterocycles. The quantitative estimate of drug-likeness (QED) is 0.886. The molecule has 0 radical (unpaired) electrons. The molecule has 2 heterocycles. The number of aromatic nitrogens is 1. The average molecular weight is 239 g/mol. The highest BCUT2D eigenvalue weighted by Crippen LogP contribution is 2.23. The molecule has 0 aliphatic heterocycles. The molecule has 0 fully saturated rings. The van der Waals surface area contributed by atoms with Crippen molar-refractivity contribution >= 4 is 28.8 Å². The number of thiophene rings is 1. The highest BCUT2D eigenvalue weighted by molar-refractivity contribution is 7.16. The minimum absolute atomic E-state index is 0.838. The van der Waals surface area contributed by atoms with E-state index in [4.69, 9.17) is 11.6 Å². The molecule has 0 bridgehead atoms. The van der Waals surface area contributed by atoms with Gasteiger partial charge in [0.05, 0.1) is 4.34 Å². The van der Waals surface area contributed by atoms with E-state index in [1.54, 1.807) is 11.3 Å². The topological polar surface area (TPSA) is 24.9 Å². The van der Waals surface area contributed by atoms with E-state index < -0.39 is 0 Å². The molecule has 15 heavy (non-hydrogen) atoms. The molecule has 0 saturated carbocycles. The number of anilines is 1. The standard InChI is InChI=1S/C11H11ClN2S/c1-13-11-5-2-8(7-14-11)6-9-3-4-10(12)15-9/h2-5,7H,6H2,1H3,(H,13,14). The van der Waals surface area contributed by atoms with E-state index in [1.165, 1.54) is 10.4 Å². The van der Waals surface area contributed by atoms with Crippen LogP contribution in [-0.4, -0.2) is 12.0 Å². The minimum atomic E-state index is 0.838. The fourth-order valence-corrected chi connectivity index (χ4v) is 2.45. The van der Waals surface area contributed by atoms with E-state index in [1.807, 2.05) is 25.4 Å². The number of hydrogen-bond donors (Lipinski definition) is 1. The summed E-state index contributed by atoms with van der Waals surface area (Å²) in [5, 5.41) is 2.99. The van der Waals surface area contributed by atoms with Crippen LogP contribution in [0.3, 0.4) is 0 Å². The van der Waals surface area contributed by atoms with Crippen molar-refractivity contribution in [3.05, 3.63) is 45.2 Å². The third-order valence-electron chi connectivity index (χ3n) is 2.09. The first-order valence-electron chi connectivity index (χ1n) is 4.65. The molecule has 2 aromatic rings. The molecule has 0 aliphatic rings. The van der Waals surface area contributed by atoms with Crippen molar-refractivity contribution in [3.8, 4) is 0 Å². The summed E-state index contributed by atoms with van der Waals surface area (Å²) < 4.78 is 0.838. The largest absolute Gasteiger partial charge is 0.373 e. The Bertz CT molecular complexity index is 436. The highest BCUT2D eigenvalue weighted by Gasteiger charge is 2.00. The first-order chi connectivity index (χ1) is 7.28. The zero-order chi connectivity index (χ0) is 10.7. The normalized spacial score (nSPS) is 10.3. The Labute approximate surface area is 97.9 Å². The van der Waals surface area contributed by atoms with Crippen LogP contribution in [0.15, 0.2) is 30.5 Å². The van der Waals surface area contributed by atoms with Gasteiger partial charge < -0.3 is 5.32 Å². The Morgan fingerprint density at radius 1 is 1.33 bits per heavy atom. The first kappa shape index (κ1) is 10.5. The Morgan fingerprint density at radius 2 is 2.20 bits per heavy atom. The fourth-order valence-electron chi connectivity index (χ4n) is 1.32. The summed E-state index contributed by atoms with van der Waals surface area (Å²) in [4.78, 5) is 5.52. The summed E-state index contributed by atoms with van der Waals surface area (Å²) in [5.41, 5.74) is 1.20. The van der Waals surface area contributed by atoms with Crippen molar-refractivity contribution in [2.45, 2.75) is 6.42 Å². The van der Waals surface area contributed by atoms with Gasteiger partial charge in [-0.1, -0.05) is 17.7 Å². The minimum Gasteiger partial charge on any atom is -0.373 e. The van der Waals surface area contributed by atoms with Gasteiger partial charge in [-0.15, -0.1) is 11.3 Å². The van der Waals surface area contributed by atoms with Crippen molar-refractivity contribution in [1.29, 1.82) is 0 Å². The monoisotopic (exact) mass is 238 g/mol. The number of halogens is 1. The van der Waals surface area contributed by atoms with Crippen molar-refractivity contribution in [2.75, 3.05) is 12.4 Å². The van der Waals surface area contributed by atoms with Crippen LogP contribution in [0.25, 0.3) is 0 Å². The molecular formula is C11H11ClN2S. The third kappa shape index (κ3) is 2.70. The molecule has 78 valence electrons. The second kappa shape index (κ2) is 4.64. The summed E-state index contributed by atoms with van der Waals surface area (Å²) in [6, 6.07) is 8.03.